The first-order chi connectivity index (χ1) is 9.40. The van der Waals surface area contributed by atoms with Crippen LogP contribution in [0.5, 0.6) is 0 Å². The van der Waals surface area contributed by atoms with Gasteiger partial charge in [-0.2, -0.15) is 0 Å². The summed E-state index contributed by atoms with van der Waals surface area (Å²) in [4.78, 5) is 0.108. The number of nitrogens with two attached hydrogens (primary N) is 1. The summed E-state index contributed by atoms with van der Waals surface area (Å²) >= 11 is 5.92. The van der Waals surface area contributed by atoms with Crippen LogP contribution in [0.4, 0.5) is 5.69 Å². The van der Waals surface area contributed by atoms with Gasteiger partial charge in [-0.05, 0) is 36.8 Å². The fraction of sp³-hybridized carbons (Fsp3) is 0.231. The zero-order valence-electron chi connectivity index (χ0n) is 10.9. The van der Waals surface area contributed by atoms with E-state index in [1.807, 2.05) is 0 Å². The molecule has 0 aliphatic heterocycles. The van der Waals surface area contributed by atoms with Crippen molar-refractivity contribution in [2.75, 3.05) is 12.3 Å². The molecule has 1 heterocycles. The standard InChI is InChI=1S/C13H15ClN2O3S/c1-9-7-11(8-12(15)13(9)14)20(17,18)16-5-4-10-3-2-6-19-10/h2-3,6-8,16H,4-5,15H2,1H3. The molecule has 0 unspecified atom stereocenters. The van der Waals surface area contributed by atoms with Gasteiger partial charge in [0.15, 0.2) is 0 Å². The first-order valence-corrected chi connectivity index (χ1v) is 7.84. The van der Waals surface area contributed by atoms with Gasteiger partial charge in [-0.1, -0.05) is 11.6 Å². The average molecular weight is 315 g/mol. The van der Waals surface area contributed by atoms with Crippen LogP contribution >= 0.6 is 11.6 Å². The van der Waals surface area contributed by atoms with Crippen molar-refractivity contribution in [1.82, 2.24) is 4.72 Å². The van der Waals surface area contributed by atoms with Crippen molar-refractivity contribution in [2.24, 2.45) is 0 Å². The number of halogens is 1. The van der Waals surface area contributed by atoms with E-state index in [1.54, 1.807) is 25.3 Å². The van der Waals surface area contributed by atoms with Gasteiger partial charge >= 0.3 is 0 Å². The molecule has 1 aromatic heterocycles. The molecule has 0 aliphatic rings. The molecular formula is C13H15ClN2O3S. The fourth-order valence-electron chi connectivity index (χ4n) is 1.76. The van der Waals surface area contributed by atoms with Crippen molar-refractivity contribution in [3.05, 3.63) is 46.9 Å². The minimum atomic E-state index is -3.61. The monoisotopic (exact) mass is 314 g/mol. The number of rotatable bonds is 5. The van der Waals surface area contributed by atoms with Crippen LogP contribution in [0.1, 0.15) is 11.3 Å². The lowest BCUT2D eigenvalue weighted by Gasteiger charge is -2.09. The van der Waals surface area contributed by atoms with Crippen LogP contribution in [0.3, 0.4) is 0 Å². The normalized spacial score (nSPS) is 11.7. The molecule has 0 bridgehead atoms. The van der Waals surface area contributed by atoms with Crippen molar-refractivity contribution in [3.8, 4) is 0 Å². The molecule has 2 aromatic rings. The summed E-state index contributed by atoms with van der Waals surface area (Å²) in [7, 11) is -3.61. The van der Waals surface area contributed by atoms with E-state index in [4.69, 9.17) is 21.8 Å². The number of hydrogen-bond acceptors (Lipinski definition) is 4. The number of hydrogen-bond donors (Lipinski definition) is 2. The summed E-state index contributed by atoms with van der Waals surface area (Å²) in [6.45, 7) is 1.96. The van der Waals surface area contributed by atoms with Gasteiger partial charge in [0, 0.05) is 13.0 Å². The second-order valence-electron chi connectivity index (χ2n) is 4.37. The van der Waals surface area contributed by atoms with Crippen LogP contribution in [0.25, 0.3) is 0 Å². The summed E-state index contributed by atoms with van der Waals surface area (Å²) < 4.78 is 31.9. The first-order valence-electron chi connectivity index (χ1n) is 5.98. The third kappa shape index (κ3) is 3.33. The lowest BCUT2D eigenvalue weighted by atomic mass is 10.2. The van der Waals surface area contributed by atoms with Crippen LogP contribution in [0.15, 0.2) is 39.8 Å². The Hall–Kier alpha value is -1.50. The maximum absolute atomic E-state index is 12.1. The van der Waals surface area contributed by atoms with Gasteiger partial charge in [-0.15, -0.1) is 0 Å². The Balaban J connectivity index is 2.10. The van der Waals surface area contributed by atoms with E-state index in [-0.39, 0.29) is 17.1 Å². The summed E-state index contributed by atoms with van der Waals surface area (Å²) in [6, 6.07) is 6.39. The van der Waals surface area contributed by atoms with E-state index in [2.05, 4.69) is 4.72 Å². The minimum absolute atomic E-state index is 0.108. The number of benzene rings is 1. The molecule has 0 amide bonds. The molecule has 3 N–H and O–H groups in total. The van der Waals surface area contributed by atoms with Crippen LogP contribution in [0.2, 0.25) is 5.02 Å². The number of nitrogen functional groups attached to an aromatic ring is 1. The lowest BCUT2D eigenvalue weighted by molar-refractivity contribution is 0.506. The molecule has 1 aromatic carbocycles. The van der Waals surface area contributed by atoms with Gasteiger partial charge in [0.2, 0.25) is 10.0 Å². The van der Waals surface area contributed by atoms with Gasteiger partial charge in [0.1, 0.15) is 5.76 Å². The van der Waals surface area contributed by atoms with Gasteiger partial charge in [-0.3, -0.25) is 0 Å². The Labute approximate surface area is 122 Å². The molecule has 5 nitrogen and oxygen atoms in total. The minimum Gasteiger partial charge on any atom is -0.469 e. The maximum atomic E-state index is 12.1. The van der Waals surface area contributed by atoms with E-state index in [0.717, 1.165) is 5.76 Å². The van der Waals surface area contributed by atoms with Gasteiger partial charge in [-0.25, -0.2) is 13.1 Å². The summed E-state index contributed by atoms with van der Waals surface area (Å²) in [5.41, 5.74) is 6.56. The molecule has 20 heavy (non-hydrogen) atoms. The molecular weight excluding hydrogens is 300 g/mol. The average Bonchev–Trinajstić information content (AvgIpc) is 2.88. The van der Waals surface area contributed by atoms with Crippen molar-refractivity contribution in [3.63, 3.8) is 0 Å². The van der Waals surface area contributed by atoms with Crippen LogP contribution in [-0.4, -0.2) is 15.0 Å². The number of sulfonamides is 1. The first kappa shape index (κ1) is 14.9. The number of aryl methyl sites for hydroxylation is 1. The Morgan fingerprint density at radius 1 is 1.40 bits per heavy atom. The number of nitrogens with one attached hydrogen (secondary N) is 1. The quantitative estimate of drug-likeness (QED) is 0.829. The second kappa shape index (κ2) is 5.87. The smallest absolute Gasteiger partial charge is 0.240 e. The third-order valence-corrected chi connectivity index (χ3v) is 4.77. The highest BCUT2D eigenvalue weighted by atomic mass is 35.5. The third-order valence-electron chi connectivity index (χ3n) is 2.81. The number of furan rings is 1. The van der Waals surface area contributed by atoms with Crippen LogP contribution < -0.4 is 10.5 Å². The predicted octanol–water partition coefficient (Wildman–Crippen LogP) is 2.34. The molecule has 0 saturated carbocycles. The Morgan fingerprint density at radius 3 is 2.75 bits per heavy atom. The van der Waals surface area contributed by atoms with Crippen LogP contribution in [0, 0.1) is 6.92 Å². The zero-order valence-corrected chi connectivity index (χ0v) is 12.5. The molecule has 108 valence electrons. The van der Waals surface area contributed by atoms with Crippen molar-refractivity contribution in [2.45, 2.75) is 18.2 Å². The van der Waals surface area contributed by atoms with Crippen molar-refractivity contribution >= 4 is 27.3 Å². The highest BCUT2D eigenvalue weighted by Gasteiger charge is 2.16. The Kier molecular flexibility index (Phi) is 4.37. The molecule has 2 rings (SSSR count). The summed E-state index contributed by atoms with van der Waals surface area (Å²) in [6.07, 6.45) is 2.03. The van der Waals surface area contributed by atoms with Crippen molar-refractivity contribution < 1.29 is 12.8 Å². The maximum Gasteiger partial charge on any atom is 0.240 e. The zero-order chi connectivity index (χ0) is 14.8. The van der Waals surface area contributed by atoms with E-state index < -0.39 is 10.0 Å². The molecule has 0 atom stereocenters. The summed E-state index contributed by atoms with van der Waals surface area (Å²) in [5.74, 6) is 0.722. The molecule has 0 saturated heterocycles. The topological polar surface area (TPSA) is 85.3 Å². The summed E-state index contributed by atoms with van der Waals surface area (Å²) in [5, 5.41) is 0.375. The van der Waals surface area contributed by atoms with Gasteiger partial charge < -0.3 is 10.2 Å². The molecule has 0 fully saturated rings. The molecule has 0 radical (unpaired) electrons. The van der Waals surface area contributed by atoms with E-state index in [1.165, 1.54) is 12.1 Å². The van der Waals surface area contributed by atoms with Crippen molar-refractivity contribution in [1.29, 1.82) is 0 Å². The fourth-order valence-corrected chi connectivity index (χ4v) is 3.03. The van der Waals surface area contributed by atoms with Gasteiger partial charge in [0.25, 0.3) is 0 Å². The Bertz CT molecular complexity index is 673. The highest BCUT2D eigenvalue weighted by Crippen LogP contribution is 2.26. The molecule has 0 aliphatic carbocycles. The number of anilines is 1. The SMILES string of the molecule is Cc1cc(S(=O)(=O)NCCc2ccco2)cc(N)c1Cl. The lowest BCUT2D eigenvalue weighted by Crippen LogP contribution is -2.26. The van der Waals surface area contributed by atoms with E-state index in [9.17, 15) is 8.42 Å². The van der Waals surface area contributed by atoms with E-state index >= 15 is 0 Å². The van der Waals surface area contributed by atoms with Gasteiger partial charge in [0.05, 0.1) is 21.9 Å². The predicted molar refractivity (Wildman–Crippen MR) is 78.2 cm³/mol. The van der Waals surface area contributed by atoms with Crippen LogP contribution in [-0.2, 0) is 16.4 Å². The highest BCUT2D eigenvalue weighted by molar-refractivity contribution is 7.89. The molecule has 0 spiro atoms. The molecule has 7 heteroatoms. The van der Waals surface area contributed by atoms with E-state index in [0.29, 0.717) is 17.0 Å². The second-order valence-corrected chi connectivity index (χ2v) is 6.52. The largest absolute Gasteiger partial charge is 0.469 e. The Morgan fingerprint density at radius 2 is 2.15 bits per heavy atom.